The van der Waals surface area contributed by atoms with Crippen LogP contribution in [-0.2, 0) is 0 Å². The highest BCUT2D eigenvalue weighted by Crippen LogP contribution is 2.42. The van der Waals surface area contributed by atoms with Crippen LogP contribution in [0, 0.1) is 11.3 Å². The van der Waals surface area contributed by atoms with E-state index < -0.39 is 0 Å². The molecule has 0 spiro atoms. The standard InChI is InChI=1S/C19H25N5O4/c1-11(2)16(25)13-7-6-12(10-22-23-19(20)21)24(13)14-8-9-15(26-3)18(28-5)17(14)27-4/h6-11H,1-5H3,(H4,20,21,23). The summed E-state index contributed by atoms with van der Waals surface area (Å²) in [6.45, 7) is 3.66. The Hall–Kier alpha value is -3.49. The largest absolute Gasteiger partial charge is 0.493 e. The summed E-state index contributed by atoms with van der Waals surface area (Å²) < 4.78 is 18.1. The Bertz CT molecular complexity index is 902. The number of ketones is 1. The van der Waals surface area contributed by atoms with Crippen molar-refractivity contribution in [3.63, 3.8) is 0 Å². The fourth-order valence-corrected chi connectivity index (χ4v) is 2.74. The maximum Gasteiger partial charge on any atom is 0.206 e. The van der Waals surface area contributed by atoms with Gasteiger partial charge in [0.2, 0.25) is 11.7 Å². The first-order chi connectivity index (χ1) is 13.3. The lowest BCUT2D eigenvalue weighted by molar-refractivity contribution is 0.0932. The summed E-state index contributed by atoms with van der Waals surface area (Å²) in [5.41, 5.74) is 9.25. The van der Waals surface area contributed by atoms with Crippen molar-refractivity contribution in [3.05, 3.63) is 35.7 Å². The Kier molecular flexibility index (Phi) is 6.64. The summed E-state index contributed by atoms with van der Waals surface area (Å²) in [5.74, 6) is 0.766. The highest BCUT2D eigenvalue weighted by atomic mass is 16.5. The number of rotatable bonds is 8. The molecule has 1 aromatic carbocycles. The molecule has 1 aromatic heterocycles. The molecule has 0 amide bonds. The minimum Gasteiger partial charge on any atom is -0.493 e. The third kappa shape index (κ3) is 4.08. The number of methoxy groups -OCH3 is 3. The van der Waals surface area contributed by atoms with Crippen molar-refractivity contribution < 1.29 is 19.0 Å². The van der Waals surface area contributed by atoms with Crippen molar-refractivity contribution in [2.45, 2.75) is 13.8 Å². The summed E-state index contributed by atoms with van der Waals surface area (Å²) in [6.07, 6.45) is 1.47. The zero-order valence-electron chi connectivity index (χ0n) is 16.6. The monoisotopic (exact) mass is 387 g/mol. The highest BCUT2D eigenvalue weighted by molar-refractivity contribution is 5.98. The Morgan fingerprint density at radius 1 is 1.14 bits per heavy atom. The van der Waals surface area contributed by atoms with Crippen LogP contribution in [0.4, 0.5) is 0 Å². The molecule has 4 N–H and O–H groups in total. The van der Waals surface area contributed by atoms with E-state index in [0.29, 0.717) is 34.3 Å². The van der Waals surface area contributed by atoms with Gasteiger partial charge in [-0.25, -0.2) is 5.43 Å². The fourth-order valence-electron chi connectivity index (χ4n) is 2.74. The molecular formula is C19H25N5O4. The Labute approximate surface area is 163 Å². The summed E-state index contributed by atoms with van der Waals surface area (Å²) in [4.78, 5) is 12.8. The molecule has 1 heterocycles. The molecule has 28 heavy (non-hydrogen) atoms. The van der Waals surface area contributed by atoms with E-state index in [1.165, 1.54) is 27.5 Å². The van der Waals surface area contributed by atoms with Crippen molar-refractivity contribution in [2.24, 2.45) is 16.8 Å². The lowest BCUT2D eigenvalue weighted by Gasteiger charge is -2.19. The summed E-state index contributed by atoms with van der Waals surface area (Å²) in [7, 11) is 4.56. The maximum atomic E-state index is 12.8. The molecule has 0 bridgehead atoms. The predicted octanol–water partition coefficient (Wildman–Crippen LogP) is 2.16. The van der Waals surface area contributed by atoms with Gasteiger partial charge in [-0.3, -0.25) is 10.2 Å². The first-order valence-electron chi connectivity index (χ1n) is 8.54. The first-order valence-corrected chi connectivity index (χ1v) is 8.54. The van der Waals surface area contributed by atoms with Crippen LogP contribution in [-0.4, -0.2) is 43.9 Å². The number of hydrogen-bond acceptors (Lipinski definition) is 6. The van der Waals surface area contributed by atoms with Crippen molar-refractivity contribution in [2.75, 3.05) is 21.3 Å². The molecule has 150 valence electrons. The lowest BCUT2D eigenvalue weighted by atomic mass is 10.1. The summed E-state index contributed by atoms with van der Waals surface area (Å²) >= 11 is 0. The van der Waals surface area contributed by atoms with Gasteiger partial charge in [0.1, 0.15) is 0 Å². The molecule has 9 nitrogen and oxygen atoms in total. The Morgan fingerprint density at radius 2 is 1.82 bits per heavy atom. The van der Waals surface area contributed by atoms with Gasteiger partial charge in [-0.05, 0) is 24.3 Å². The van der Waals surface area contributed by atoms with Crippen LogP contribution < -0.4 is 25.4 Å². The Morgan fingerprint density at radius 3 is 2.36 bits per heavy atom. The number of benzene rings is 1. The van der Waals surface area contributed by atoms with Gasteiger partial charge in [0, 0.05) is 5.92 Å². The van der Waals surface area contributed by atoms with Gasteiger partial charge in [0.25, 0.3) is 0 Å². The Balaban J connectivity index is 2.74. The van der Waals surface area contributed by atoms with E-state index in [1.54, 1.807) is 28.8 Å². The van der Waals surface area contributed by atoms with E-state index in [0.717, 1.165) is 0 Å². The van der Waals surface area contributed by atoms with Gasteiger partial charge in [-0.2, -0.15) is 5.10 Å². The number of nitrogens with two attached hydrogens (primary N) is 1. The average Bonchev–Trinajstić information content (AvgIpc) is 3.08. The van der Waals surface area contributed by atoms with Gasteiger partial charge in [-0.15, -0.1) is 0 Å². The van der Waals surface area contributed by atoms with Crippen molar-refractivity contribution in [1.82, 2.24) is 9.99 Å². The van der Waals surface area contributed by atoms with E-state index in [-0.39, 0.29) is 17.7 Å². The third-order valence-corrected chi connectivity index (χ3v) is 3.99. The number of ether oxygens (including phenoxy) is 3. The second-order valence-corrected chi connectivity index (χ2v) is 6.13. The molecule has 0 fully saturated rings. The minimum atomic E-state index is -0.295. The van der Waals surface area contributed by atoms with Crippen LogP contribution in [0.2, 0.25) is 0 Å². The minimum absolute atomic E-state index is 0.0454. The van der Waals surface area contributed by atoms with Gasteiger partial charge < -0.3 is 24.5 Å². The van der Waals surface area contributed by atoms with Crippen LogP contribution >= 0.6 is 0 Å². The third-order valence-electron chi connectivity index (χ3n) is 3.99. The maximum absolute atomic E-state index is 12.8. The second kappa shape index (κ2) is 8.94. The quantitative estimate of drug-likeness (QED) is 0.276. The molecule has 9 heteroatoms. The zero-order chi connectivity index (χ0) is 20.8. The van der Waals surface area contributed by atoms with E-state index in [4.69, 9.17) is 25.4 Å². The van der Waals surface area contributed by atoms with E-state index >= 15 is 0 Å². The number of nitrogens with one attached hydrogen (secondary N) is 2. The predicted molar refractivity (Wildman–Crippen MR) is 107 cm³/mol. The second-order valence-electron chi connectivity index (χ2n) is 6.13. The average molecular weight is 387 g/mol. The number of carbonyl (C=O) groups is 1. The van der Waals surface area contributed by atoms with Gasteiger partial charge in [0.05, 0.1) is 44.6 Å². The number of nitrogens with zero attached hydrogens (tertiary/aromatic N) is 2. The van der Waals surface area contributed by atoms with E-state index in [9.17, 15) is 4.79 Å². The molecule has 0 atom stereocenters. The normalized spacial score (nSPS) is 10.9. The van der Waals surface area contributed by atoms with Crippen LogP contribution in [0.1, 0.15) is 30.0 Å². The molecule has 0 aliphatic rings. The molecule has 0 radical (unpaired) electrons. The number of guanidine groups is 1. The lowest BCUT2D eigenvalue weighted by Crippen LogP contribution is -2.25. The van der Waals surface area contributed by atoms with Crippen LogP contribution in [0.25, 0.3) is 5.69 Å². The number of hydrogen-bond donors (Lipinski definition) is 3. The van der Waals surface area contributed by atoms with E-state index in [1.807, 2.05) is 13.8 Å². The fraction of sp³-hybridized carbons (Fsp3) is 0.316. The van der Waals surface area contributed by atoms with Gasteiger partial charge in [-0.1, -0.05) is 13.8 Å². The van der Waals surface area contributed by atoms with Crippen LogP contribution in [0.3, 0.4) is 0 Å². The SMILES string of the molecule is COc1ccc(-n2c(C=NNC(=N)N)ccc2C(=O)C(C)C)c(OC)c1OC. The molecule has 0 saturated carbocycles. The zero-order valence-corrected chi connectivity index (χ0v) is 16.6. The molecule has 0 saturated heterocycles. The van der Waals surface area contributed by atoms with Crippen molar-refractivity contribution in [1.29, 1.82) is 5.41 Å². The van der Waals surface area contributed by atoms with Crippen LogP contribution in [0.15, 0.2) is 29.4 Å². The van der Waals surface area contributed by atoms with E-state index in [2.05, 4.69) is 10.5 Å². The molecule has 0 unspecified atom stereocenters. The highest BCUT2D eigenvalue weighted by Gasteiger charge is 2.23. The number of carbonyl (C=O) groups excluding carboxylic acids is 1. The number of Topliss-reactive ketones (excluding diaryl/α,β-unsaturated/α-hetero) is 1. The molecule has 2 rings (SSSR count). The van der Waals surface area contributed by atoms with Gasteiger partial charge >= 0.3 is 0 Å². The number of hydrazone groups is 1. The molecule has 2 aromatic rings. The number of aromatic nitrogens is 1. The smallest absolute Gasteiger partial charge is 0.206 e. The summed E-state index contributed by atoms with van der Waals surface area (Å²) in [6, 6.07) is 6.97. The van der Waals surface area contributed by atoms with Crippen molar-refractivity contribution >= 4 is 18.0 Å². The molecular weight excluding hydrogens is 362 g/mol. The molecule has 0 aliphatic carbocycles. The summed E-state index contributed by atoms with van der Waals surface area (Å²) in [5, 5.41) is 11.1. The topological polar surface area (TPSA) is 124 Å². The molecule has 0 aliphatic heterocycles. The van der Waals surface area contributed by atoms with Crippen LogP contribution in [0.5, 0.6) is 17.2 Å². The van der Waals surface area contributed by atoms with Gasteiger partial charge in [0.15, 0.2) is 17.3 Å². The van der Waals surface area contributed by atoms with Crippen molar-refractivity contribution in [3.8, 4) is 22.9 Å². The first kappa shape index (κ1) is 20.8.